The lowest BCUT2D eigenvalue weighted by Crippen LogP contribution is -2.26. The fourth-order valence-corrected chi connectivity index (χ4v) is 2.75. The molecule has 1 aromatic heterocycles. The van der Waals surface area contributed by atoms with Gasteiger partial charge in [-0.2, -0.15) is 0 Å². The molecule has 138 valence electrons. The van der Waals surface area contributed by atoms with Gasteiger partial charge in [0.15, 0.2) is 0 Å². The van der Waals surface area contributed by atoms with Crippen LogP contribution in [0.25, 0.3) is 0 Å². The highest BCUT2D eigenvalue weighted by Gasteiger charge is 2.17. The van der Waals surface area contributed by atoms with E-state index in [4.69, 9.17) is 9.15 Å². The second-order valence-electron chi connectivity index (χ2n) is 6.49. The molecule has 0 spiro atoms. The summed E-state index contributed by atoms with van der Waals surface area (Å²) in [7, 11) is 0. The van der Waals surface area contributed by atoms with Crippen LogP contribution in [0.1, 0.15) is 96.1 Å². The number of carbonyl (C=O) groups is 1. The number of furan rings is 1. The van der Waals surface area contributed by atoms with E-state index in [1.165, 1.54) is 44.9 Å². The molecule has 0 aliphatic heterocycles. The topological polar surface area (TPSA) is 51.5 Å². The third-order valence-corrected chi connectivity index (χ3v) is 4.28. The van der Waals surface area contributed by atoms with Gasteiger partial charge < -0.3 is 14.5 Å². The van der Waals surface area contributed by atoms with Crippen LogP contribution in [0.5, 0.6) is 0 Å². The first-order valence-electron chi connectivity index (χ1n) is 9.74. The summed E-state index contributed by atoms with van der Waals surface area (Å²) in [6.45, 7) is 5.02. The Balaban J connectivity index is 2.24. The molecule has 0 radical (unpaired) electrons. The summed E-state index contributed by atoms with van der Waals surface area (Å²) in [5, 5.41) is 2.81. The average molecular weight is 338 g/mol. The van der Waals surface area contributed by atoms with Crippen molar-refractivity contribution >= 4 is 6.09 Å². The fourth-order valence-electron chi connectivity index (χ4n) is 2.75. The first-order chi connectivity index (χ1) is 11.8. The van der Waals surface area contributed by atoms with Gasteiger partial charge in [0.25, 0.3) is 0 Å². The lowest BCUT2D eigenvalue weighted by atomic mass is 10.0. The highest BCUT2D eigenvalue weighted by molar-refractivity contribution is 5.67. The van der Waals surface area contributed by atoms with Crippen molar-refractivity contribution in [3.05, 3.63) is 24.2 Å². The molecule has 1 atom stereocenters. The van der Waals surface area contributed by atoms with E-state index < -0.39 is 0 Å². The number of carbonyl (C=O) groups excluding carboxylic acids is 1. The Morgan fingerprint density at radius 1 is 1.04 bits per heavy atom. The molecule has 4 heteroatoms. The van der Waals surface area contributed by atoms with Crippen molar-refractivity contribution in [2.75, 3.05) is 6.54 Å². The van der Waals surface area contributed by atoms with E-state index in [1.807, 2.05) is 6.07 Å². The number of nitrogens with one attached hydrogen (secondary N) is 1. The second-order valence-corrected chi connectivity index (χ2v) is 6.49. The maximum absolute atomic E-state index is 11.9. The highest BCUT2D eigenvalue weighted by atomic mass is 16.6. The second kappa shape index (κ2) is 13.9. The van der Waals surface area contributed by atoms with E-state index in [0.29, 0.717) is 6.54 Å². The zero-order chi connectivity index (χ0) is 17.5. The summed E-state index contributed by atoms with van der Waals surface area (Å²) < 4.78 is 10.7. The summed E-state index contributed by atoms with van der Waals surface area (Å²) in [5.74, 6) is 0. The number of rotatable bonds is 14. The standard InChI is InChI=1S/C20H35NO3/c1-3-5-7-8-9-10-11-12-13-19(18-14-16-23-17-18)24-20(22)21-15-6-4-2/h14,16-17,19H,3-13,15H2,1-2H3,(H,21,22). The van der Waals surface area contributed by atoms with E-state index in [-0.39, 0.29) is 12.2 Å². The van der Waals surface area contributed by atoms with E-state index >= 15 is 0 Å². The smallest absolute Gasteiger partial charge is 0.407 e. The number of hydrogen-bond acceptors (Lipinski definition) is 3. The minimum atomic E-state index is -0.325. The summed E-state index contributed by atoms with van der Waals surface area (Å²) >= 11 is 0. The average Bonchev–Trinajstić information content (AvgIpc) is 3.11. The van der Waals surface area contributed by atoms with Crippen LogP contribution in [-0.4, -0.2) is 12.6 Å². The summed E-state index contributed by atoms with van der Waals surface area (Å²) in [5.41, 5.74) is 0.948. The monoisotopic (exact) mass is 337 g/mol. The SMILES string of the molecule is CCCCCCCCCCC(OC(=O)NCCCC)c1ccoc1. The van der Waals surface area contributed by atoms with Gasteiger partial charge in [-0.25, -0.2) is 4.79 Å². The van der Waals surface area contributed by atoms with Crippen LogP contribution in [0.4, 0.5) is 4.79 Å². The van der Waals surface area contributed by atoms with Gasteiger partial charge in [0.05, 0.1) is 12.5 Å². The maximum atomic E-state index is 11.9. The number of ether oxygens (including phenoxy) is 1. The predicted octanol–water partition coefficient (Wildman–Crippen LogP) is 6.38. The molecule has 1 N–H and O–H groups in total. The fraction of sp³-hybridized carbons (Fsp3) is 0.750. The Kier molecular flexibility index (Phi) is 12.0. The third-order valence-electron chi connectivity index (χ3n) is 4.28. The van der Waals surface area contributed by atoms with E-state index in [0.717, 1.165) is 31.2 Å². The minimum Gasteiger partial charge on any atom is -0.472 e. The molecule has 0 fully saturated rings. The molecule has 24 heavy (non-hydrogen) atoms. The van der Waals surface area contributed by atoms with Crippen molar-refractivity contribution in [1.82, 2.24) is 5.32 Å². The van der Waals surface area contributed by atoms with Gasteiger partial charge in [-0.15, -0.1) is 0 Å². The van der Waals surface area contributed by atoms with Gasteiger partial charge in [0.2, 0.25) is 0 Å². The highest BCUT2D eigenvalue weighted by Crippen LogP contribution is 2.25. The first kappa shape index (κ1) is 20.6. The molecular weight excluding hydrogens is 302 g/mol. The number of hydrogen-bond donors (Lipinski definition) is 1. The van der Waals surface area contributed by atoms with Crippen molar-refractivity contribution in [2.24, 2.45) is 0 Å². The molecule has 0 bridgehead atoms. The molecule has 1 unspecified atom stereocenters. The van der Waals surface area contributed by atoms with Crippen molar-refractivity contribution in [3.63, 3.8) is 0 Å². The van der Waals surface area contributed by atoms with Gasteiger partial charge >= 0.3 is 6.09 Å². The largest absolute Gasteiger partial charge is 0.472 e. The predicted molar refractivity (Wildman–Crippen MR) is 98.1 cm³/mol. The minimum absolute atomic E-state index is 0.203. The van der Waals surface area contributed by atoms with Crippen molar-refractivity contribution < 1.29 is 13.9 Å². The molecule has 0 saturated carbocycles. The van der Waals surface area contributed by atoms with Crippen molar-refractivity contribution in [1.29, 1.82) is 0 Å². The maximum Gasteiger partial charge on any atom is 0.407 e. The normalized spacial score (nSPS) is 12.1. The molecule has 0 aliphatic rings. The van der Waals surface area contributed by atoms with Crippen LogP contribution in [0, 0.1) is 0 Å². The van der Waals surface area contributed by atoms with Gasteiger partial charge in [-0.1, -0.05) is 65.2 Å². The van der Waals surface area contributed by atoms with Gasteiger partial charge in [-0.3, -0.25) is 0 Å². The van der Waals surface area contributed by atoms with E-state index in [2.05, 4.69) is 19.2 Å². The number of unbranched alkanes of at least 4 members (excludes halogenated alkanes) is 8. The Labute approximate surface area is 147 Å². The third kappa shape index (κ3) is 9.64. The molecule has 1 aromatic rings. The number of amides is 1. The van der Waals surface area contributed by atoms with Crippen LogP contribution >= 0.6 is 0 Å². The van der Waals surface area contributed by atoms with Crippen LogP contribution < -0.4 is 5.32 Å². The van der Waals surface area contributed by atoms with E-state index in [9.17, 15) is 4.79 Å². The van der Waals surface area contributed by atoms with Gasteiger partial charge in [0.1, 0.15) is 6.10 Å². The quantitative estimate of drug-likeness (QED) is 0.401. The summed E-state index contributed by atoms with van der Waals surface area (Å²) in [6, 6.07) is 1.88. The Morgan fingerprint density at radius 2 is 1.71 bits per heavy atom. The molecule has 1 amide bonds. The lowest BCUT2D eigenvalue weighted by Gasteiger charge is -2.17. The van der Waals surface area contributed by atoms with Crippen LogP contribution in [-0.2, 0) is 4.74 Å². The van der Waals surface area contributed by atoms with Gasteiger partial charge in [0, 0.05) is 12.1 Å². The van der Waals surface area contributed by atoms with Crippen LogP contribution in [0.3, 0.4) is 0 Å². The zero-order valence-corrected chi connectivity index (χ0v) is 15.5. The molecule has 4 nitrogen and oxygen atoms in total. The molecule has 1 rings (SSSR count). The lowest BCUT2D eigenvalue weighted by molar-refractivity contribution is 0.0904. The molecule has 0 aliphatic carbocycles. The molecule has 1 heterocycles. The summed E-state index contributed by atoms with van der Waals surface area (Å²) in [6.07, 6.45) is 15.9. The first-order valence-corrected chi connectivity index (χ1v) is 9.74. The van der Waals surface area contributed by atoms with E-state index in [1.54, 1.807) is 12.5 Å². The summed E-state index contributed by atoms with van der Waals surface area (Å²) in [4.78, 5) is 11.9. The zero-order valence-electron chi connectivity index (χ0n) is 15.5. The Morgan fingerprint density at radius 3 is 2.33 bits per heavy atom. The van der Waals surface area contributed by atoms with Crippen molar-refractivity contribution in [2.45, 2.75) is 90.6 Å². The Bertz CT molecular complexity index is 403. The van der Waals surface area contributed by atoms with Crippen molar-refractivity contribution in [3.8, 4) is 0 Å². The molecule has 0 saturated heterocycles. The van der Waals surface area contributed by atoms with Gasteiger partial charge in [-0.05, 0) is 25.3 Å². The van der Waals surface area contributed by atoms with Crippen LogP contribution in [0.2, 0.25) is 0 Å². The Hall–Kier alpha value is -1.45. The van der Waals surface area contributed by atoms with Crippen LogP contribution in [0.15, 0.2) is 23.0 Å². The molecule has 0 aromatic carbocycles. The molecular formula is C20H35NO3. The number of alkyl carbamates (subject to hydrolysis) is 1.